The maximum absolute atomic E-state index is 14.0. The predicted octanol–water partition coefficient (Wildman–Crippen LogP) is 5.88. The number of fused-ring (bicyclic) bond motifs is 2. The van der Waals surface area contributed by atoms with Crippen LogP contribution in [0.15, 0.2) is 78.9 Å². The molecule has 1 fully saturated rings. The maximum atomic E-state index is 14.0. The van der Waals surface area contributed by atoms with Crippen LogP contribution in [0.2, 0.25) is 0 Å². The van der Waals surface area contributed by atoms with Crippen molar-refractivity contribution in [2.75, 3.05) is 11.4 Å². The molecule has 0 N–H and O–H groups in total. The highest BCUT2D eigenvalue weighted by atomic mass is 16.2. The number of para-hydroxylation sites is 1. The summed E-state index contributed by atoms with van der Waals surface area (Å²) < 4.78 is 0. The molecule has 164 valence electrons. The SMILES string of the molecule is CC(N1C(=O)c2ccccc2CCc2ccccc21)N1CCCCC1Cc1ccccc1. The number of hydrogen-bond acceptors (Lipinski definition) is 2. The van der Waals surface area contributed by atoms with Crippen molar-refractivity contribution in [1.82, 2.24) is 4.90 Å². The summed E-state index contributed by atoms with van der Waals surface area (Å²) in [5.41, 5.74) is 5.72. The molecule has 0 spiro atoms. The molecule has 3 nitrogen and oxygen atoms in total. The maximum Gasteiger partial charge on any atom is 0.259 e. The van der Waals surface area contributed by atoms with Crippen LogP contribution in [-0.2, 0) is 19.3 Å². The van der Waals surface area contributed by atoms with Gasteiger partial charge in [-0.25, -0.2) is 0 Å². The fourth-order valence-corrected chi connectivity index (χ4v) is 5.55. The lowest BCUT2D eigenvalue weighted by Crippen LogP contribution is -2.56. The lowest BCUT2D eigenvalue weighted by molar-refractivity contribution is 0.0793. The monoisotopic (exact) mass is 424 g/mol. The normalized spacial score (nSPS) is 20.1. The number of carbonyl (C=O) groups excluding carboxylic acids is 1. The van der Waals surface area contributed by atoms with E-state index in [1.807, 2.05) is 18.2 Å². The summed E-state index contributed by atoms with van der Waals surface area (Å²) in [7, 11) is 0. The van der Waals surface area contributed by atoms with Gasteiger partial charge in [0, 0.05) is 23.8 Å². The highest BCUT2D eigenvalue weighted by Gasteiger charge is 2.35. The number of aryl methyl sites for hydroxylation is 2. The number of benzene rings is 3. The van der Waals surface area contributed by atoms with Crippen molar-refractivity contribution in [2.24, 2.45) is 0 Å². The van der Waals surface area contributed by atoms with Crippen LogP contribution in [0.1, 0.15) is 53.2 Å². The topological polar surface area (TPSA) is 23.6 Å². The van der Waals surface area contributed by atoms with Crippen LogP contribution in [0.5, 0.6) is 0 Å². The Morgan fingerprint density at radius 1 is 0.844 bits per heavy atom. The van der Waals surface area contributed by atoms with Gasteiger partial charge in [0.05, 0.1) is 6.17 Å². The van der Waals surface area contributed by atoms with Gasteiger partial charge in [0.2, 0.25) is 0 Å². The van der Waals surface area contributed by atoms with Gasteiger partial charge in [-0.3, -0.25) is 14.6 Å². The Morgan fingerprint density at radius 3 is 2.38 bits per heavy atom. The molecule has 32 heavy (non-hydrogen) atoms. The Labute approximate surface area is 191 Å². The number of carbonyl (C=O) groups is 1. The minimum Gasteiger partial charge on any atom is -0.292 e. The van der Waals surface area contributed by atoms with E-state index in [4.69, 9.17) is 0 Å². The summed E-state index contributed by atoms with van der Waals surface area (Å²) in [6.45, 7) is 3.26. The standard InChI is InChI=1S/C29H32N2O/c1-22(30-20-10-9-15-26(30)21-23-11-3-2-4-12-23)31-28-17-8-6-14-25(28)19-18-24-13-5-7-16-27(24)29(31)32/h2-8,11-14,16-17,22,26H,9-10,15,18-21H2,1H3. The molecule has 2 aliphatic rings. The molecule has 3 heteroatoms. The van der Waals surface area contributed by atoms with Crippen molar-refractivity contribution >= 4 is 11.6 Å². The summed E-state index contributed by atoms with van der Waals surface area (Å²) in [6, 6.07) is 27.9. The lowest BCUT2D eigenvalue weighted by atomic mass is 9.93. The second-order valence-corrected chi connectivity index (χ2v) is 9.17. The second-order valence-electron chi connectivity index (χ2n) is 9.17. The molecule has 0 bridgehead atoms. The molecule has 0 radical (unpaired) electrons. The van der Waals surface area contributed by atoms with Crippen LogP contribution in [0.4, 0.5) is 5.69 Å². The first kappa shape index (κ1) is 21.0. The predicted molar refractivity (Wildman–Crippen MR) is 131 cm³/mol. The van der Waals surface area contributed by atoms with Crippen molar-refractivity contribution in [3.8, 4) is 0 Å². The summed E-state index contributed by atoms with van der Waals surface area (Å²) in [5.74, 6) is 0.129. The molecular formula is C29H32N2O. The molecule has 5 rings (SSSR count). The van der Waals surface area contributed by atoms with Crippen LogP contribution in [0.25, 0.3) is 0 Å². The summed E-state index contributed by atoms with van der Waals surface area (Å²) >= 11 is 0. The summed E-state index contributed by atoms with van der Waals surface area (Å²) in [6.07, 6.45) is 6.52. The number of amides is 1. The Bertz CT molecular complexity index is 1080. The Morgan fingerprint density at radius 2 is 1.53 bits per heavy atom. The van der Waals surface area contributed by atoms with E-state index in [1.165, 1.54) is 30.4 Å². The summed E-state index contributed by atoms with van der Waals surface area (Å²) in [5, 5.41) is 0. The molecule has 0 aromatic heterocycles. The zero-order valence-electron chi connectivity index (χ0n) is 18.9. The molecule has 2 heterocycles. The zero-order chi connectivity index (χ0) is 21.9. The highest BCUT2D eigenvalue weighted by molar-refractivity contribution is 6.08. The van der Waals surface area contributed by atoms with Crippen molar-refractivity contribution < 1.29 is 4.79 Å². The van der Waals surface area contributed by atoms with Crippen molar-refractivity contribution in [2.45, 2.75) is 57.7 Å². The average molecular weight is 425 g/mol. The molecule has 1 saturated heterocycles. The van der Waals surface area contributed by atoms with E-state index in [0.717, 1.165) is 42.6 Å². The fraction of sp³-hybridized carbons (Fsp3) is 0.345. The van der Waals surface area contributed by atoms with E-state index in [0.29, 0.717) is 6.04 Å². The van der Waals surface area contributed by atoms with Gasteiger partial charge in [-0.2, -0.15) is 0 Å². The Hall–Kier alpha value is -2.91. The van der Waals surface area contributed by atoms with Crippen LogP contribution in [-0.4, -0.2) is 29.6 Å². The Kier molecular flexibility index (Phi) is 6.09. The molecule has 3 aromatic carbocycles. The summed E-state index contributed by atoms with van der Waals surface area (Å²) in [4.78, 5) is 18.7. The van der Waals surface area contributed by atoms with Gasteiger partial charge in [-0.1, -0.05) is 73.2 Å². The van der Waals surface area contributed by atoms with Gasteiger partial charge < -0.3 is 0 Å². The fourth-order valence-electron chi connectivity index (χ4n) is 5.55. The minimum absolute atomic E-state index is 0.00354. The first-order valence-electron chi connectivity index (χ1n) is 12.0. The molecule has 2 unspecified atom stereocenters. The molecule has 0 saturated carbocycles. The van der Waals surface area contributed by atoms with Crippen LogP contribution >= 0.6 is 0 Å². The van der Waals surface area contributed by atoms with E-state index in [1.54, 1.807) is 0 Å². The third-order valence-corrected chi connectivity index (χ3v) is 7.22. The van der Waals surface area contributed by atoms with Gasteiger partial charge >= 0.3 is 0 Å². The van der Waals surface area contributed by atoms with Crippen LogP contribution < -0.4 is 4.90 Å². The van der Waals surface area contributed by atoms with Gasteiger partial charge in [0.1, 0.15) is 0 Å². The van der Waals surface area contributed by atoms with Crippen LogP contribution in [0, 0.1) is 0 Å². The average Bonchev–Trinajstić information content (AvgIpc) is 2.84. The Balaban J connectivity index is 1.52. The number of piperidine rings is 1. The number of anilines is 1. The molecular weight excluding hydrogens is 392 g/mol. The first-order valence-corrected chi connectivity index (χ1v) is 12.0. The van der Waals surface area contributed by atoms with E-state index in [2.05, 4.69) is 77.4 Å². The van der Waals surface area contributed by atoms with Gasteiger partial charge in [-0.05, 0) is 67.9 Å². The number of hydrogen-bond donors (Lipinski definition) is 0. The lowest BCUT2D eigenvalue weighted by Gasteiger charge is -2.45. The number of likely N-dealkylation sites (tertiary alicyclic amines) is 1. The first-order chi connectivity index (χ1) is 15.7. The van der Waals surface area contributed by atoms with Gasteiger partial charge in [-0.15, -0.1) is 0 Å². The number of nitrogens with zero attached hydrogens (tertiary/aromatic N) is 2. The van der Waals surface area contributed by atoms with E-state index in [9.17, 15) is 4.79 Å². The second kappa shape index (κ2) is 9.30. The quantitative estimate of drug-likeness (QED) is 0.522. The zero-order valence-corrected chi connectivity index (χ0v) is 18.9. The van der Waals surface area contributed by atoms with Crippen LogP contribution in [0.3, 0.4) is 0 Å². The largest absolute Gasteiger partial charge is 0.292 e. The van der Waals surface area contributed by atoms with Crippen molar-refractivity contribution in [3.05, 3.63) is 101 Å². The van der Waals surface area contributed by atoms with Gasteiger partial charge in [0.25, 0.3) is 5.91 Å². The smallest absolute Gasteiger partial charge is 0.259 e. The highest BCUT2D eigenvalue weighted by Crippen LogP contribution is 2.33. The van der Waals surface area contributed by atoms with E-state index >= 15 is 0 Å². The minimum atomic E-state index is 0.00354. The molecule has 2 aliphatic heterocycles. The molecule has 2 atom stereocenters. The van der Waals surface area contributed by atoms with Gasteiger partial charge in [0.15, 0.2) is 0 Å². The van der Waals surface area contributed by atoms with Crippen molar-refractivity contribution in [3.63, 3.8) is 0 Å². The molecule has 0 aliphatic carbocycles. The van der Waals surface area contributed by atoms with E-state index in [-0.39, 0.29) is 12.1 Å². The molecule has 1 amide bonds. The van der Waals surface area contributed by atoms with E-state index < -0.39 is 0 Å². The third kappa shape index (κ3) is 4.10. The number of rotatable bonds is 4. The molecule has 3 aromatic rings. The van der Waals surface area contributed by atoms with Crippen molar-refractivity contribution in [1.29, 1.82) is 0 Å². The third-order valence-electron chi connectivity index (χ3n) is 7.22.